The zero-order valence-electron chi connectivity index (χ0n) is 16.5. The molecular weight excluding hydrogens is 358 g/mol. The number of hydrogen-bond donors (Lipinski definition) is 1. The van der Waals surface area contributed by atoms with Crippen LogP contribution in [0.1, 0.15) is 25.0 Å². The highest BCUT2D eigenvalue weighted by atomic mass is 16.5. The summed E-state index contributed by atoms with van der Waals surface area (Å²) in [5, 5.41) is 2.73. The Kier molecular flexibility index (Phi) is 7.63. The number of ether oxygens (including phenoxy) is 3. The molecule has 0 aliphatic carbocycles. The van der Waals surface area contributed by atoms with E-state index in [1.54, 1.807) is 31.4 Å². The average Bonchev–Trinajstić information content (AvgIpc) is 2.72. The molecule has 0 bridgehead atoms. The summed E-state index contributed by atoms with van der Waals surface area (Å²) in [6, 6.07) is 12.8. The lowest BCUT2D eigenvalue weighted by molar-refractivity contribution is -0.148. The number of methoxy groups -OCH3 is 2. The second kappa shape index (κ2) is 10.2. The second-order valence-electron chi connectivity index (χ2n) is 6.07. The molecule has 2 aromatic carbocycles. The first kappa shape index (κ1) is 21.0. The Labute approximate surface area is 165 Å². The van der Waals surface area contributed by atoms with E-state index in [2.05, 4.69) is 12.2 Å². The fourth-order valence-corrected chi connectivity index (χ4v) is 2.46. The maximum Gasteiger partial charge on any atom is 0.331 e. The number of anilines is 1. The van der Waals surface area contributed by atoms with E-state index in [0.29, 0.717) is 17.2 Å². The van der Waals surface area contributed by atoms with Crippen LogP contribution in [0.3, 0.4) is 0 Å². The highest BCUT2D eigenvalue weighted by Crippen LogP contribution is 2.27. The molecule has 2 rings (SSSR count). The number of hydrogen-bond acceptors (Lipinski definition) is 5. The number of carbonyl (C=O) groups is 2. The molecule has 0 saturated heterocycles. The SMILES string of the molecule is CCc1ccc(NC(=O)C(C)OC(=O)/C=C/c2ccc(OC)c(OC)c2)cc1. The molecule has 0 aromatic heterocycles. The molecular formula is C22H25NO5. The number of amides is 1. The third kappa shape index (κ3) is 5.87. The Morgan fingerprint density at radius 2 is 1.71 bits per heavy atom. The van der Waals surface area contributed by atoms with Gasteiger partial charge in [-0.3, -0.25) is 4.79 Å². The molecule has 148 valence electrons. The van der Waals surface area contributed by atoms with Crippen molar-refractivity contribution in [1.82, 2.24) is 0 Å². The Morgan fingerprint density at radius 3 is 2.32 bits per heavy atom. The lowest BCUT2D eigenvalue weighted by Crippen LogP contribution is -2.29. The highest BCUT2D eigenvalue weighted by molar-refractivity contribution is 5.96. The van der Waals surface area contributed by atoms with E-state index in [1.807, 2.05) is 24.3 Å². The molecule has 0 aliphatic rings. The standard InChI is InChI=1S/C22H25NO5/c1-5-16-6-10-18(11-7-16)23-22(25)15(2)28-21(24)13-9-17-8-12-19(26-3)20(14-17)27-4/h6-15H,5H2,1-4H3,(H,23,25)/b13-9+. The predicted octanol–water partition coefficient (Wildman–Crippen LogP) is 3.85. The predicted molar refractivity (Wildman–Crippen MR) is 109 cm³/mol. The second-order valence-corrected chi connectivity index (χ2v) is 6.07. The van der Waals surface area contributed by atoms with Crippen LogP contribution < -0.4 is 14.8 Å². The van der Waals surface area contributed by atoms with E-state index < -0.39 is 18.0 Å². The molecule has 1 N–H and O–H groups in total. The number of esters is 1. The zero-order chi connectivity index (χ0) is 20.5. The van der Waals surface area contributed by atoms with Gasteiger partial charge in [-0.05, 0) is 54.8 Å². The molecule has 6 nitrogen and oxygen atoms in total. The van der Waals surface area contributed by atoms with Crippen LogP contribution in [-0.4, -0.2) is 32.2 Å². The minimum absolute atomic E-state index is 0.392. The van der Waals surface area contributed by atoms with Gasteiger partial charge >= 0.3 is 5.97 Å². The van der Waals surface area contributed by atoms with Crippen molar-refractivity contribution in [3.63, 3.8) is 0 Å². The van der Waals surface area contributed by atoms with Crippen LogP contribution >= 0.6 is 0 Å². The van der Waals surface area contributed by atoms with Gasteiger partial charge in [0.2, 0.25) is 0 Å². The van der Waals surface area contributed by atoms with Gasteiger partial charge in [-0.1, -0.05) is 25.1 Å². The summed E-state index contributed by atoms with van der Waals surface area (Å²) in [5.74, 6) is 0.148. The van der Waals surface area contributed by atoms with E-state index in [0.717, 1.165) is 12.0 Å². The molecule has 6 heteroatoms. The number of benzene rings is 2. The van der Waals surface area contributed by atoms with Crippen molar-refractivity contribution in [2.24, 2.45) is 0 Å². The van der Waals surface area contributed by atoms with Gasteiger partial charge in [-0.15, -0.1) is 0 Å². The van der Waals surface area contributed by atoms with Gasteiger partial charge in [0.15, 0.2) is 17.6 Å². The smallest absolute Gasteiger partial charge is 0.331 e. The Bertz CT molecular complexity index is 843. The summed E-state index contributed by atoms with van der Waals surface area (Å²) in [5.41, 5.74) is 2.58. The van der Waals surface area contributed by atoms with E-state index in [1.165, 1.54) is 25.7 Å². The molecule has 0 heterocycles. The van der Waals surface area contributed by atoms with Crippen molar-refractivity contribution < 1.29 is 23.8 Å². The van der Waals surface area contributed by atoms with E-state index in [4.69, 9.17) is 14.2 Å². The van der Waals surface area contributed by atoms with Crippen LogP contribution in [-0.2, 0) is 20.7 Å². The lowest BCUT2D eigenvalue weighted by Gasteiger charge is -2.12. The van der Waals surface area contributed by atoms with Crippen molar-refractivity contribution in [1.29, 1.82) is 0 Å². The van der Waals surface area contributed by atoms with Gasteiger partial charge in [0, 0.05) is 11.8 Å². The maximum atomic E-state index is 12.2. The van der Waals surface area contributed by atoms with Gasteiger partial charge in [0.25, 0.3) is 5.91 Å². The summed E-state index contributed by atoms with van der Waals surface area (Å²) in [6.45, 7) is 3.59. The molecule has 0 saturated carbocycles. The third-order valence-corrected chi connectivity index (χ3v) is 4.11. The molecule has 1 unspecified atom stereocenters. The zero-order valence-corrected chi connectivity index (χ0v) is 16.5. The minimum atomic E-state index is -0.923. The summed E-state index contributed by atoms with van der Waals surface area (Å²) in [4.78, 5) is 24.2. The van der Waals surface area contributed by atoms with Crippen molar-refractivity contribution in [2.75, 3.05) is 19.5 Å². The maximum absolute atomic E-state index is 12.2. The lowest BCUT2D eigenvalue weighted by atomic mass is 10.1. The number of nitrogens with one attached hydrogen (secondary N) is 1. The van der Waals surface area contributed by atoms with Gasteiger partial charge in [0.1, 0.15) is 0 Å². The van der Waals surface area contributed by atoms with Gasteiger partial charge in [-0.25, -0.2) is 4.79 Å². The summed E-state index contributed by atoms with van der Waals surface area (Å²) in [7, 11) is 3.09. The van der Waals surface area contributed by atoms with Crippen LogP contribution in [0.2, 0.25) is 0 Å². The molecule has 1 atom stereocenters. The van der Waals surface area contributed by atoms with Crippen LogP contribution in [0.25, 0.3) is 6.08 Å². The molecule has 0 spiro atoms. The fraction of sp³-hybridized carbons (Fsp3) is 0.273. The largest absolute Gasteiger partial charge is 0.493 e. The summed E-state index contributed by atoms with van der Waals surface area (Å²) < 4.78 is 15.6. The van der Waals surface area contributed by atoms with Crippen LogP contribution in [0.5, 0.6) is 11.5 Å². The molecule has 0 fully saturated rings. The van der Waals surface area contributed by atoms with Crippen molar-refractivity contribution >= 4 is 23.6 Å². The molecule has 1 amide bonds. The Morgan fingerprint density at radius 1 is 1.04 bits per heavy atom. The highest BCUT2D eigenvalue weighted by Gasteiger charge is 2.16. The van der Waals surface area contributed by atoms with Crippen molar-refractivity contribution in [3.05, 3.63) is 59.7 Å². The monoisotopic (exact) mass is 383 g/mol. The average molecular weight is 383 g/mol. The van der Waals surface area contributed by atoms with Gasteiger partial charge in [-0.2, -0.15) is 0 Å². The topological polar surface area (TPSA) is 73.9 Å². The van der Waals surface area contributed by atoms with Crippen LogP contribution in [0.4, 0.5) is 5.69 Å². The van der Waals surface area contributed by atoms with E-state index in [9.17, 15) is 9.59 Å². The molecule has 28 heavy (non-hydrogen) atoms. The van der Waals surface area contributed by atoms with E-state index >= 15 is 0 Å². The van der Waals surface area contributed by atoms with Crippen molar-refractivity contribution in [3.8, 4) is 11.5 Å². The van der Waals surface area contributed by atoms with Crippen LogP contribution in [0, 0.1) is 0 Å². The number of aryl methyl sites for hydroxylation is 1. The van der Waals surface area contributed by atoms with Gasteiger partial charge in [0.05, 0.1) is 14.2 Å². The van der Waals surface area contributed by atoms with Gasteiger partial charge < -0.3 is 19.5 Å². The van der Waals surface area contributed by atoms with Crippen LogP contribution in [0.15, 0.2) is 48.5 Å². The molecule has 2 aromatic rings. The summed E-state index contributed by atoms with van der Waals surface area (Å²) in [6.07, 6.45) is 2.85. The molecule has 0 aliphatic heterocycles. The first-order valence-corrected chi connectivity index (χ1v) is 8.97. The first-order chi connectivity index (χ1) is 13.5. The minimum Gasteiger partial charge on any atom is -0.493 e. The van der Waals surface area contributed by atoms with E-state index in [-0.39, 0.29) is 0 Å². The Hall–Kier alpha value is -3.28. The van der Waals surface area contributed by atoms with Crippen molar-refractivity contribution in [2.45, 2.75) is 26.4 Å². The summed E-state index contributed by atoms with van der Waals surface area (Å²) >= 11 is 0. The first-order valence-electron chi connectivity index (χ1n) is 8.97. The Balaban J connectivity index is 1.92. The normalized spacial score (nSPS) is 11.7. The number of rotatable bonds is 8. The fourth-order valence-electron chi connectivity index (χ4n) is 2.46. The molecule has 0 radical (unpaired) electrons. The quantitative estimate of drug-likeness (QED) is 0.554. The third-order valence-electron chi connectivity index (χ3n) is 4.11. The number of carbonyl (C=O) groups excluding carboxylic acids is 2.